The van der Waals surface area contributed by atoms with Crippen LogP contribution in [0.5, 0.6) is 0 Å². The molecule has 0 aliphatic carbocycles. The number of amides is 1. The van der Waals surface area contributed by atoms with Crippen LogP contribution in [-0.2, 0) is 4.79 Å². The van der Waals surface area contributed by atoms with Crippen LogP contribution in [0.25, 0.3) is 6.08 Å². The number of piperidine rings is 1. The van der Waals surface area contributed by atoms with E-state index in [1.807, 2.05) is 24.4 Å². The molecule has 26 heavy (non-hydrogen) atoms. The molecule has 3 rings (SSSR count). The number of benzene rings is 1. The minimum atomic E-state index is -0.236. The molecule has 1 saturated heterocycles. The zero-order chi connectivity index (χ0) is 18.4. The Morgan fingerprint density at radius 1 is 1.27 bits per heavy atom. The standard InChI is InChI=1S/C20H20ClN3OS/c21-17-9-6-15(7-10-17)8-11-19(25)23-20(26)24-13-2-1-5-18(24)16-4-3-12-22-14-16/h3-4,6-12,14,18H,1-2,5,13H2,(H,23,25,26)/b11-8+/t18-/m1/s1. The minimum absolute atomic E-state index is 0.158. The maximum absolute atomic E-state index is 12.2. The molecule has 0 saturated carbocycles. The SMILES string of the molecule is O=C(/C=C/c1ccc(Cl)cc1)NC(=S)N1CCCC[C@@H]1c1cccnc1. The number of rotatable bonds is 3. The number of carbonyl (C=O) groups excluding carboxylic acids is 1. The average Bonchev–Trinajstić information content (AvgIpc) is 2.68. The summed E-state index contributed by atoms with van der Waals surface area (Å²) in [5.74, 6) is -0.236. The lowest BCUT2D eigenvalue weighted by Crippen LogP contribution is -2.46. The summed E-state index contributed by atoms with van der Waals surface area (Å²) in [4.78, 5) is 18.5. The predicted octanol–water partition coefficient (Wildman–Crippen LogP) is 4.38. The van der Waals surface area contributed by atoms with Crippen molar-refractivity contribution in [2.75, 3.05) is 6.54 Å². The third-order valence-corrected chi connectivity index (χ3v) is 4.95. The van der Waals surface area contributed by atoms with Crippen LogP contribution in [0.1, 0.15) is 36.4 Å². The Hall–Kier alpha value is -2.24. The molecule has 1 aromatic heterocycles. The summed E-state index contributed by atoms with van der Waals surface area (Å²) >= 11 is 11.4. The van der Waals surface area contributed by atoms with Crippen LogP contribution < -0.4 is 5.32 Å². The van der Waals surface area contributed by atoms with Gasteiger partial charge in [0.2, 0.25) is 5.91 Å². The molecule has 2 heterocycles. The number of pyridine rings is 1. The molecular formula is C20H20ClN3OS. The van der Waals surface area contributed by atoms with Gasteiger partial charge in [0.1, 0.15) is 0 Å². The normalized spacial score (nSPS) is 17.3. The van der Waals surface area contributed by atoms with Gasteiger partial charge >= 0.3 is 0 Å². The largest absolute Gasteiger partial charge is 0.342 e. The van der Waals surface area contributed by atoms with E-state index in [9.17, 15) is 4.79 Å². The Labute approximate surface area is 163 Å². The lowest BCUT2D eigenvalue weighted by Gasteiger charge is -2.37. The molecule has 0 radical (unpaired) electrons. The van der Waals surface area contributed by atoms with E-state index in [-0.39, 0.29) is 11.9 Å². The number of nitrogens with zero attached hydrogens (tertiary/aromatic N) is 2. The first-order valence-corrected chi connectivity index (χ1v) is 9.37. The van der Waals surface area contributed by atoms with Crippen molar-refractivity contribution in [3.63, 3.8) is 0 Å². The van der Waals surface area contributed by atoms with E-state index in [4.69, 9.17) is 23.8 Å². The fourth-order valence-electron chi connectivity index (χ4n) is 3.06. The summed E-state index contributed by atoms with van der Waals surface area (Å²) in [5.41, 5.74) is 2.03. The second-order valence-electron chi connectivity index (χ2n) is 6.17. The number of aromatic nitrogens is 1. The van der Waals surface area contributed by atoms with Crippen LogP contribution in [0, 0.1) is 0 Å². The maximum atomic E-state index is 12.2. The Kier molecular flexibility index (Phi) is 6.36. The molecule has 0 bridgehead atoms. The number of hydrogen-bond acceptors (Lipinski definition) is 3. The highest BCUT2D eigenvalue weighted by molar-refractivity contribution is 7.80. The van der Waals surface area contributed by atoms with Gasteiger partial charge in [0.15, 0.2) is 5.11 Å². The van der Waals surface area contributed by atoms with Crippen LogP contribution in [0.3, 0.4) is 0 Å². The molecule has 0 spiro atoms. The van der Waals surface area contributed by atoms with Gasteiger partial charge in [0.25, 0.3) is 0 Å². The number of nitrogens with one attached hydrogen (secondary N) is 1. The van der Waals surface area contributed by atoms with Crippen LogP contribution >= 0.6 is 23.8 Å². The predicted molar refractivity (Wildman–Crippen MR) is 109 cm³/mol. The Balaban J connectivity index is 1.63. The first-order chi connectivity index (χ1) is 12.6. The topological polar surface area (TPSA) is 45.2 Å². The molecule has 4 nitrogen and oxygen atoms in total. The summed E-state index contributed by atoms with van der Waals surface area (Å²) in [7, 11) is 0. The van der Waals surface area contributed by atoms with Crippen LogP contribution in [0.2, 0.25) is 5.02 Å². The van der Waals surface area contributed by atoms with Crippen LogP contribution in [0.15, 0.2) is 54.9 Å². The fraction of sp³-hybridized carbons (Fsp3) is 0.250. The van der Waals surface area contributed by atoms with E-state index in [0.717, 1.165) is 36.9 Å². The first-order valence-electron chi connectivity index (χ1n) is 8.58. The first kappa shape index (κ1) is 18.5. The van der Waals surface area contributed by atoms with Gasteiger partial charge in [0, 0.05) is 30.0 Å². The van der Waals surface area contributed by atoms with Gasteiger partial charge in [-0.2, -0.15) is 0 Å². The summed E-state index contributed by atoms with van der Waals surface area (Å²) in [6, 6.07) is 11.4. The Morgan fingerprint density at radius 3 is 2.81 bits per heavy atom. The molecule has 1 atom stereocenters. The van der Waals surface area contributed by atoms with Gasteiger partial charge in [-0.05, 0) is 66.9 Å². The fourth-order valence-corrected chi connectivity index (χ4v) is 3.50. The molecule has 6 heteroatoms. The van der Waals surface area contributed by atoms with Gasteiger partial charge in [-0.1, -0.05) is 29.8 Å². The third-order valence-electron chi connectivity index (χ3n) is 4.36. The highest BCUT2D eigenvalue weighted by atomic mass is 35.5. The van der Waals surface area contributed by atoms with Crippen LogP contribution in [-0.4, -0.2) is 27.4 Å². The number of thiocarbonyl (C=S) groups is 1. The van der Waals surface area contributed by atoms with Crippen molar-refractivity contribution in [3.8, 4) is 0 Å². The van der Waals surface area contributed by atoms with Crippen molar-refractivity contribution in [2.24, 2.45) is 0 Å². The average molecular weight is 386 g/mol. The third kappa shape index (κ3) is 4.90. The number of carbonyl (C=O) groups is 1. The second kappa shape index (κ2) is 8.92. The molecule has 1 N–H and O–H groups in total. The highest BCUT2D eigenvalue weighted by Gasteiger charge is 2.26. The molecule has 2 aromatic rings. The van der Waals surface area contributed by atoms with Gasteiger partial charge in [-0.15, -0.1) is 0 Å². The summed E-state index contributed by atoms with van der Waals surface area (Å²) < 4.78 is 0. The van der Waals surface area contributed by atoms with E-state index < -0.39 is 0 Å². The molecular weight excluding hydrogens is 366 g/mol. The quantitative estimate of drug-likeness (QED) is 0.629. The van der Waals surface area contributed by atoms with Gasteiger partial charge in [-0.3, -0.25) is 15.1 Å². The van der Waals surface area contributed by atoms with Gasteiger partial charge in [-0.25, -0.2) is 0 Å². The molecule has 1 aromatic carbocycles. The Bertz CT molecular complexity index is 792. The lowest BCUT2D eigenvalue weighted by atomic mass is 9.97. The van der Waals surface area contributed by atoms with E-state index in [1.165, 1.54) is 6.08 Å². The molecule has 1 aliphatic heterocycles. The van der Waals surface area contributed by atoms with E-state index in [2.05, 4.69) is 21.3 Å². The van der Waals surface area contributed by atoms with Crippen LogP contribution in [0.4, 0.5) is 0 Å². The Morgan fingerprint density at radius 2 is 2.08 bits per heavy atom. The smallest absolute Gasteiger partial charge is 0.250 e. The number of likely N-dealkylation sites (tertiary alicyclic amines) is 1. The zero-order valence-electron chi connectivity index (χ0n) is 14.3. The maximum Gasteiger partial charge on any atom is 0.250 e. The lowest BCUT2D eigenvalue weighted by molar-refractivity contribution is -0.115. The molecule has 1 aliphatic rings. The number of hydrogen-bond donors (Lipinski definition) is 1. The van der Waals surface area contributed by atoms with Crippen molar-refractivity contribution >= 4 is 40.9 Å². The number of halogens is 1. The highest BCUT2D eigenvalue weighted by Crippen LogP contribution is 2.30. The minimum Gasteiger partial charge on any atom is -0.342 e. The molecule has 0 unspecified atom stereocenters. The van der Waals surface area contributed by atoms with Crippen molar-refractivity contribution in [3.05, 3.63) is 71.0 Å². The van der Waals surface area contributed by atoms with E-state index in [0.29, 0.717) is 10.1 Å². The molecule has 134 valence electrons. The van der Waals surface area contributed by atoms with Gasteiger partial charge in [0.05, 0.1) is 6.04 Å². The zero-order valence-corrected chi connectivity index (χ0v) is 15.8. The monoisotopic (exact) mass is 385 g/mol. The van der Waals surface area contributed by atoms with Gasteiger partial charge < -0.3 is 4.90 Å². The summed E-state index contributed by atoms with van der Waals surface area (Å²) in [5, 5.41) is 3.94. The summed E-state index contributed by atoms with van der Waals surface area (Å²) in [6.07, 6.45) is 10.1. The van der Waals surface area contributed by atoms with Crippen molar-refractivity contribution < 1.29 is 4.79 Å². The second-order valence-corrected chi connectivity index (χ2v) is 6.99. The van der Waals surface area contributed by atoms with Crippen molar-refractivity contribution in [1.29, 1.82) is 0 Å². The van der Waals surface area contributed by atoms with Crippen molar-refractivity contribution in [2.45, 2.75) is 25.3 Å². The molecule has 1 fully saturated rings. The van der Waals surface area contributed by atoms with E-state index in [1.54, 1.807) is 24.4 Å². The van der Waals surface area contributed by atoms with E-state index >= 15 is 0 Å². The molecule has 1 amide bonds. The summed E-state index contributed by atoms with van der Waals surface area (Å²) in [6.45, 7) is 0.833. The van der Waals surface area contributed by atoms with Crippen molar-refractivity contribution in [1.82, 2.24) is 15.2 Å².